The molecule has 1 atom stereocenters. The van der Waals surface area contributed by atoms with E-state index in [4.69, 9.17) is 0 Å². The molecule has 0 aliphatic carbocycles. The van der Waals surface area contributed by atoms with Crippen LogP contribution < -0.4 is 0 Å². The molecular formula is C21H38N4O8. The molecule has 0 aromatic heterocycles. The number of rotatable bonds is 11. The fraction of sp³-hybridized carbons (Fsp3) is 0.810. The van der Waals surface area contributed by atoms with E-state index in [2.05, 4.69) is 13.8 Å². The maximum absolute atomic E-state index is 11.6. The zero-order chi connectivity index (χ0) is 25.0. The average molecular weight is 475 g/mol. The van der Waals surface area contributed by atoms with Crippen molar-refractivity contribution in [1.82, 2.24) is 19.6 Å². The molecule has 0 aromatic carbocycles. The van der Waals surface area contributed by atoms with Crippen LogP contribution in [0.3, 0.4) is 0 Å². The lowest BCUT2D eigenvalue weighted by Crippen LogP contribution is -2.53. The van der Waals surface area contributed by atoms with Gasteiger partial charge in [0.25, 0.3) is 0 Å². The Balaban J connectivity index is 3.20. The van der Waals surface area contributed by atoms with Crippen molar-refractivity contribution in [2.24, 2.45) is 5.92 Å². The number of carboxylic acid groups (broad SMARTS) is 4. The predicted molar refractivity (Wildman–Crippen MR) is 119 cm³/mol. The first kappa shape index (κ1) is 28.8. The Bertz CT molecular complexity index is 660. The Hall–Kier alpha value is -2.28. The highest BCUT2D eigenvalue weighted by atomic mass is 16.4. The largest absolute Gasteiger partial charge is 0.480 e. The van der Waals surface area contributed by atoms with E-state index in [0.29, 0.717) is 58.2 Å². The van der Waals surface area contributed by atoms with E-state index in [-0.39, 0.29) is 32.2 Å². The minimum atomic E-state index is -1.01. The van der Waals surface area contributed by atoms with Crippen molar-refractivity contribution >= 4 is 23.9 Å². The van der Waals surface area contributed by atoms with Crippen LogP contribution in [-0.2, 0) is 19.2 Å². The molecule has 12 nitrogen and oxygen atoms in total. The molecule has 1 aliphatic rings. The summed E-state index contributed by atoms with van der Waals surface area (Å²) in [5.41, 5.74) is 0. The summed E-state index contributed by atoms with van der Waals surface area (Å²) in [5, 5.41) is 37.4. The minimum absolute atomic E-state index is 0.226. The molecule has 0 aromatic rings. The van der Waals surface area contributed by atoms with Crippen LogP contribution in [0.1, 0.15) is 26.7 Å². The Labute approximate surface area is 194 Å². The van der Waals surface area contributed by atoms with Gasteiger partial charge in [0, 0.05) is 51.9 Å². The molecule has 0 bridgehead atoms. The fourth-order valence-electron chi connectivity index (χ4n) is 3.96. The van der Waals surface area contributed by atoms with Gasteiger partial charge in [0.05, 0.1) is 26.2 Å². The molecule has 0 saturated carbocycles. The number of carbonyl (C=O) groups is 4. The summed E-state index contributed by atoms with van der Waals surface area (Å²) in [6, 6.07) is -0.234. The molecule has 12 heteroatoms. The lowest BCUT2D eigenvalue weighted by Gasteiger charge is -2.37. The number of aliphatic carboxylic acids is 4. The first-order chi connectivity index (χ1) is 15.5. The summed E-state index contributed by atoms with van der Waals surface area (Å²) >= 11 is 0. The molecule has 1 heterocycles. The fourth-order valence-corrected chi connectivity index (χ4v) is 3.96. The number of hydrogen-bond acceptors (Lipinski definition) is 8. The highest BCUT2D eigenvalue weighted by Crippen LogP contribution is 2.15. The Morgan fingerprint density at radius 3 is 1.48 bits per heavy atom. The third-order valence-electron chi connectivity index (χ3n) is 5.65. The molecule has 190 valence electrons. The Kier molecular flexibility index (Phi) is 12.9. The van der Waals surface area contributed by atoms with Crippen molar-refractivity contribution in [1.29, 1.82) is 0 Å². The van der Waals surface area contributed by atoms with Crippen LogP contribution in [0, 0.1) is 5.92 Å². The molecule has 0 spiro atoms. The molecule has 0 amide bonds. The smallest absolute Gasteiger partial charge is 0.317 e. The van der Waals surface area contributed by atoms with E-state index < -0.39 is 23.9 Å². The lowest BCUT2D eigenvalue weighted by molar-refractivity contribution is -0.142. The molecule has 1 unspecified atom stereocenters. The van der Waals surface area contributed by atoms with Crippen molar-refractivity contribution in [3.63, 3.8) is 0 Å². The van der Waals surface area contributed by atoms with Gasteiger partial charge in [-0.1, -0.05) is 13.8 Å². The van der Waals surface area contributed by atoms with Crippen LogP contribution in [-0.4, -0.2) is 142 Å². The van der Waals surface area contributed by atoms with Gasteiger partial charge in [0.15, 0.2) is 0 Å². The van der Waals surface area contributed by atoms with Gasteiger partial charge in [-0.05, 0) is 18.8 Å². The highest BCUT2D eigenvalue weighted by Gasteiger charge is 2.27. The molecule has 1 saturated heterocycles. The summed E-state index contributed by atoms with van der Waals surface area (Å²) in [6.07, 6.45) is 1.49. The maximum atomic E-state index is 11.6. The van der Waals surface area contributed by atoms with E-state index in [9.17, 15) is 39.6 Å². The van der Waals surface area contributed by atoms with Crippen LogP contribution in [0.15, 0.2) is 0 Å². The van der Waals surface area contributed by atoms with Crippen LogP contribution in [0.25, 0.3) is 0 Å². The summed E-state index contributed by atoms with van der Waals surface area (Å²) in [6.45, 7) is 5.34. The van der Waals surface area contributed by atoms with Gasteiger partial charge in [0.2, 0.25) is 0 Å². The zero-order valence-electron chi connectivity index (χ0n) is 19.6. The van der Waals surface area contributed by atoms with Crippen LogP contribution in [0.5, 0.6) is 0 Å². The van der Waals surface area contributed by atoms with Gasteiger partial charge in [0.1, 0.15) is 0 Å². The van der Waals surface area contributed by atoms with Crippen molar-refractivity contribution in [2.75, 3.05) is 72.0 Å². The molecular weight excluding hydrogens is 436 g/mol. The highest BCUT2D eigenvalue weighted by molar-refractivity contribution is 5.70. The summed E-state index contributed by atoms with van der Waals surface area (Å²) in [7, 11) is 0. The molecule has 33 heavy (non-hydrogen) atoms. The molecule has 4 N–H and O–H groups in total. The van der Waals surface area contributed by atoms with Crippen molar-refractivity contribution in [3.8, 4) is 0 Å². The summed E-state index contributed by atoms with van der Waals surface area (Å²) < 4.78 is 0. The maximum Gasteiger partial charge on any atom is 0.317 e. The molecule has 1 fully saturated rings. The Morgan fingerprint density at radius 1 is 0.667 bits per heavy atom. The summed E-state index contributed by atoms with van der Waals surface area (Å²) in [5.74, 6) is -3.66. The van der Waals surface area contributed by atoms with Gasteiger partial charge >= 0.3 is 23.9 Å². The van der Waals surface area contributed by atoms with E-state index in [0.717, 1.165) is 6.42 Å². The lowest BCUT2D eigenvalue weighted by atomic mass is 10.0. The minimum Gasteiger partial charge on any atom is -0.480 e. The second-order valence-electron chi connectivity index (χ2n) is 8.96. The average Bonchev–Trinajstić information content (AvgIpc) is 2.67. The predicted octanol–water partition coefficient (Wildman–Crippen LogP) is -0.649. The van der Waals surface area contributed by atoms with E-state index in [1.165, 1.54) is 0 Å². The SMILES string of the molecule is CC(C)CCC1CN(CC(=O)O)CCN(CC(=O)O)CCN(CC(=O)O)CCN1CC(=O)O. The van der Waals surface area contributed by atoms with Gasteiger partial charge in [-0.3, -0.25) is 38.8 Å². The van der Waals surface area contributed by atoms with Gasteiger partial charge < -0.3 is 20.4 Å². The third-order valence-corrected chi connectivity index (χ3v) is 5.65. The summed E-state index contributed by atoms with van der Waals surface area (Å²) in [4.78, 5) is 52.5. The van der Waals surface area contributed by atoms with Crippen LogP contribution in [0.2, 0.25) is 0 Å². The van der Waals surface area contributed by atoms with Crippen molar-refractivity contribution in [2.45, 2.75) is 32.7 Å². The van der Waals surface area contributed by atoms with Gasteiger partial charge in [-0.15, -0.1) is 0 Å². The van der Waals surface area contributed by atoms with Crippen molar-refractivity contribution < 1.29 is 39.6 Å². The molecule has 1 aliphatic heterocycles. The van der Waals surface area contributed by atoms with Gasteiger partial charge in [-0.2, -0.15) is 0 Å². The number of hydrogen-bond donors (Lipinski definition) is 4. The zero-order valence-corrected chi connectivity index (χ0v) is 19.6. The van der Waals surface area contributed by atoms with Crippen molar-refractivity contribution in [3.05, 3.63) is 0 Å². The third kappa shape index (κ3) is 13.1. The molecule has 0 radical (unpaired) electrons. The first-order valence-electron chi connectivity index (χ1n) is 11.2. The van der Waals surface area contributed by atoms with Gasteiger partial charge in [-0.25, -0.2) is 0 Å². The quantitative estimate of drug-likeness (QED) is 0.300. The standard InChI is InChI=1S/C21H38N4O8/c1-16(2)3-4-17-11-24(14-20(30)31)8-7-22(12-18(26)27)5-6-23(13-19(28)29)9-10-25(17)15-21(32)33/h16-17H,3-15H2,1-2H3,(H,26,27)(H,28,29)(H,30,31)(H,32,33). The number of nitrogens with zero attached hydrogens (tertiary/aromatic N) is 4. The van der Waals surface area contributed by atoms with E-state index in [1.54, 1.807) is 19.6 Å². The monoisotopic (exact) mass is 474 g/mol. The Morgan fingerprint density at radius 2 is 1.06 bits per heavy atom. The normalized spacial score (nSPS) is 20.8. The first-order valence-corrected chi connectivity index (χ1v) is 11.2. The van der Waals surface area contributed by atoms with Crippen LogP contribution >= 0.6 is 0 Å². The van der Waals surface area contributed by atoms with E-state index in [1.807, 2.05) is 0 Å². The number of carboxylic acids is 4. The second kappa shape index (κ2) is 14.8. The molecule has 1 rings (SSSR count). The van der Waals surface area contributed by atoms with E-state index >= 15 is 0 Å². The van der Waals surface area contributed by atoms with Crippen LogP contribution in [0.4, 0.5) is 0 Å². The second-order valence-corrected chi connectivity index (χ2v) is 8.96. The topological polar surface area (TPSA) is 162 Å².